The Hall–Kier alpha value is -1.90. The Labute approximate surface area is 99.8 Å². The van der Waals surface area contributed by atoms with E-state index < -0.39 is 5.97 Å². The van der Waals surface area contributed by atoms with E-state index in [4.69, 9.17) is 5.11 Å². The minimum Gasteiger partial charge on any atom is -0.481 e. The van der Waals surface area contributed by atoms with Gasteiger partial charge in [0.2, 0.25) is 0 Å². The van der Waals surface area contributed by atoms with E-state index in [0.29, 0.717) is 6.42 Å². The van der Waals surface area contributed by atoms with Gasteiger partial charge in [-0.1, -0.05) is 24.3 Å². The zero-order valence-electron chi connectivity index (χ0n) is 9.48. The van der Waals surface area contributed by atoms with E-state index in [9.17, 15) is 9.59 Å². The summed E-state index contributed by atoms with van der Waals surface area (Å²) in [5, 5.41) is 8.52. The predicted octanol–water partition coefficient (Wildman–Crippen LogP) is 2.69. The predicted molar refractivity (Wildman–Crippen MR) is 65.0 cm³/mol. The third kappa shape index (κ3) is 2.81. The summed E-state index contributed by atoms with van der Waals surface area (Å²) in [6.07, 6.45) is 5.86. The lowest BCUT2D eigenvalue weighted by molar-refractivity contribution is -0.135. The monoisotopic (exact) mass is 230 g/mol. The van der Waals surface area contributed by atoms with Crippen molar-refractivity contribution in [3.05, 3.63) is 41.0 Å². The third-order valence-electron chi connectivity index (χ3n) is 2.89. The highest BCUT2D eigenvalue weighted by molar-refractivity contribution is 5.99. The maximum Gasteiger partial charge on any atom is 0.307 e. The first-order chi connectivity index (χ1) is 8.16. The molecule has 0 unspecified atom stereocenters. The zero-order chi connectivity index (χ0) is 12.3. The summed E-state index contributed by atoms with van der Waals surface area (Å²) in [5.41, 5.74) is 2.80. The third-order valence-corrected chi connectivity index (χ3v) is 2.89. The number of rotatable bonds is 3. The maximum atomic E-state index is 11.7. The summed E-state index contributed by atoms with van der Waals surface area (Å²) in [6, 6.07) is 5.75. The van der Waals surface area contributed by atoms with Crippen molar-refractivity contribution in [2.24, 2.45) is 0 Å². The Morgan fingerprint density at radius 3 is 2.94 bits per heavy atom. The Morgan fingerprint density at radius 1 is 1.35 bits per heavy atom. The lowest BCUT2D eigenvalue weighted by atomic mass is 9.89. The van der Waals surface area contributed by atoms with E-state index in [1.165, 1.54) is 0 Å². The molecule has 0 amide bonds. The first-order valence-corrected chi connectivity index (χ1v) is 5.71. The lowest BCUT2D eigenvalue weighted by Crippen LogP contribution is -2.10. The molecule has 88 valence electrons. The molecule has 0 bridgehead atoms. The van der Waals surface area contributed by atoms with Crippen LogP contribution in [0.3, 0.4) is 0 Å². The van der Waals surface area contributed by atoms with Crippen LogP contribution < -0.4 is 0 Å². The van der Waals surface area contributed by atoms with Crippen molar-refractivity contribution in [2.45, 2.75) is 25.7 Å². The van der Waals surface area contributed by atoms with Crippen LogP contribution in [0.5, 0.6) is 0 Å². The van der Waals surface area contributed by atoms with Crippen molar-refractivity contribution in [1.29, 1.82) is 0 Å². The number of ketones is 1. The Bertz CT molecular complexity index is 486. The maximum absolute atomic E-state index is 11.7. The van der Waals surface area contributed by atoms with Gasteiger partial charge < -0.3 is 5.11 Å². The first kappa shape index (κ1) is 11.6. The van der Waals surface area contributed by atoms with Gasteiger partial charge in [-0.05, 0) is 30.0 Å². The van der Waals surface area contributed by atoms with Gasteiger partial charge in [-0.3, -0.25) is 9.59 Å². The van der Waals surface area contributed by atoms with Crippen LogP contribution in [0.2, 0.25) is 0 Å². The number of carboxylic acid groups (broad SMARTS) is 1. The fourth-order valence-corrected chi connectivity index (χ4v) is 2.05. The van der Waals surface area contributed by atoms with Crippen LogP contribution in [-0.4, -0.2) is 16.9 Å². The Balaban J connectivity index is 2.20. The SMILES string of the molecule is O=C(O)CC=Cc1ccc2c(c1)C(=O)CCC2. The number of hydrogen-bond acceptors (Lipinski definition) is 2. The molecule has 17 heavy (non-hydrogen) atoms. The van der Waals surface area contributed by atoms with Gasteiger partial charge in [0, 0.05) is 12.0 Å². The van der Waals surface area contributed by atoms with Gasteiger partial charge in [0.15, 0.2) is 5.78 Å². The molecule has 0 aliphatic heterocycles. The zero-order valence-corrected chi connectivity index (χ0v) is 9.48. The van der Waals surface area contributed by atoms with Crippen LogP contribution in [0.25, 0.3) is 6.08 Å². The normalized spacial score (nSPS) is 14.9. The van der Waals surface area contributed by atoms with Crippen LogP contribution in [-0.2, 0) is 11.2 Å². The summed E-state index contributed by atoms with van der Waals surface area (Å²) in [4.78, 5) is 22.1. The van der Waals surface area contributed by atoms with Crippen molar-refractivity contribution in [3.63, 3.8) is 0 Å². The van der Waals surface area contributed by atoms with Gasteiger partial charge in [-0.2, -0.15) is 0 Å². The fraction of sp³-hybridized carbons (Fsp3) is 0.286. The number of fused-ring (bicyclic) bond motifs is 1. The number of hydrogen-bond donors (Lipinski definition) is 1. The second kappa shape index (κ2) is 4.95. The highest BCUT2D eigenvalue weighted by Crippen LogP contribution is 2.22. The molecule has 1 aliphatic carbocycles. The average Bonchev–Trinajstić information content (AvgIpc) is 2.30. The minimum absolute atomic E-state index is 0.00499. The second-order valence-electron chi connectivity index (χ2n) is 4.19. The molecule has 1 N–H and O–H groups in total. The molecular weight excluding hydrogens is 216 g/mol. The Kier molecular flexibility index (Phi) is 3.38. The van der Waals surface area contributed by atoms with Crippen LogP contribution >= 0.6 is 0 Å². The molecule has 1 aliphatic rings. The van der Waals surface area contributed by atoms with Crippen molar-refractivity contribution in [3.8, 4) is 0 Å². The summed E-state index contributed by atoms with van der Waals surface area (Å²) in [6.45, 7) is 0. The molecule has 0 heterocycles. The average molecular weight is 230 g/mol. The summed E-state index contributed by atoms with van der Waals surface area (Å²) < 4.78 is 0. The van der Waals surface area contributed by atoms with Gasteiger partial charge in [-0.25, -0.2) is 0 Å². The number of Topliss-reactive ketones (excluding diaryl/α,β-unsaturated/α-hetero) is 1. The highest BCUT2D eigenvalue weighted by Gasteiger charge is 2.16. The number of benzene rings is 1. The molecule has 0 saturated carbocycles. The number of aryl methyl sites for hydroxylation is 1. The van der Waals surface area contributed by atoms with Crippen LogP contribution in [0.15, 0.2) is 24.3 Å². The van der Waals surface area contributed by atoms with Crippen molar-refractivity contribution >= 4 is 17.8 Å². The smallest absolute Gasteiger partial charge is 0.307 e. The minimum atomic E-state index is -0.852. The largest absolute Gasteiger partial charge is 0.481 e. The summed E-state index contributed by atoms with van der Waals surface area (Å²) in [5.74, 6) is -0.657. The van der Waals surface area contributed by atoms with Crippen molar-refractivity contribution in [1.82, 2.24) is 0 Å². The summed E-state index contributed by atoms with van der Waals surface area (Å²) >= 11 is 0. The van der Waals surface area contributed by atoms with E-state index in [1.807, 2.05) is 18.2 Å². The first-order valence-electron chi connectivity index (χ1n) is 5.71. The van der Waals surface area contributed by atoms with Gasteiger partial charge in [0.1, 0.15) is 0 Å². The van der Waals surface area contributed by atoms with Crippen LogP contribution in [0, 0.1) is 0 Å². The fourth-order valence-electron chi connectivity index (χ4n) is 2.05. The number of carbonyl (C=O) groups is 2. The molecule has 3 heteroatoms. The standard InChI is InChI=1S/C14H14O3/c15-13-5-2-4-11-8-7-10(9-12(11)13)3-1-6-14(16)17/h1,3,7-9H,2,4-6H2,(H,16,17). The molecule has 0 spiro atoms. The Morgan fingerprint density at radius 2 is 2.18 bits per heavy atom. The molecule has 0 aromatic heterocycles. The van der Waals surface area contributed by atoms with Crippen LogP contribution in [0.4, 0.5) is 0 Å². The molecule has 0 radical (unpaired) electrons. The highest BCUT2D eigenvalue weighted by atomic mass is 16.4. The van der Waals surface area contributed by atoms with E-state index in [1.54, 1.807) is 12.2 Å². The number of carboxylic acids is 1. The van der Waals surface area contributed by atoms with Gasteiger partial charge in [-0.15, -0.1) is 0 Å². The van der Waals surface area contributed by atoms with E-state index in [0.717, 1.165) is 29.5 Å². The van der Waals surface area contributed by atoms with Gasteiger partial charge >= 0.3 is 5.97 Å². The second-order valence-corrected chi connectivity index (χ2v) is 4.19. The molecular formula is C14H14O3. The van der Waals surface area contributed by atoms with E-state index >= 15 is 0 Å². The van der Waals surface area contributed by atoms with Crippen molar-refractivity contribution < 1.29 is 14.7 Å². The summed E-state index contributed by atoms with van der Waals surface area (Å²) in [7, 11) is 0. The van der Waals surface area contributed by atoms with Crippen molar-refractivity contribution in [2.75, 3.05) is 0 Å². The van der Waals surface area contributed by atoms with Crippen LogP contribution in [0.1, 0.15) is 40.7 Å². The van der Waals surface area contributed by atoms with Gasteiger partial charge in [0.05, 0.1) is 6.42 Å². The van der Waals surface area contributed by atoms with E-state index in [-0.39, 0.29) is 12.2 Å². The molecule has 3 nitrogen and oxygen atoms in total. The molecule has 1 aromatic rings. The quantitative estimate of drug-likeness (QED) is 0.868. The van der Waals surface area contributed by atoms with E-state index in [2.05, 4.69) is 0 Å². The lowest BCUT2D eigenvalue weighted by Gasteiger charge is -2.14. The molecule has 2 rings (SSSR count). The molecule has 0 atom stereocenters. The molecule has 0 fully saturated rings. The molecule has 0 saturated heterocycles. The number of aliphatic carboxylic acids is 1. The molecule has 1 aromatic carbocycles. The van der Waals surface area contributed by atoms with Gasteiger partial charge in [0.25, 0.3) is 0 Å². The topological polar surface area (TPSA) is 54.4 Å². The number of carbonyl (C=O) groups excluding carboxylic acids is 1.